The number of aromatic nitrogens is 2. The number of H-pyrrole nitrogens is 1. The molecule has 0 saturated carbocycles. The molecular weight excluding hydrogens is 158 g/mol. The van der Waals surface area contributed by atoms with Gasteiger partial charge in [0.2, 0.25) is 5.91 Å². The fourth-order valence-electron chi connectivity index (χ4n) is 0.804. The first kappa shape index (κ1) is 8.73. The van der Waals surface area contributed by atoms with E-state index in [1.54, 1.807) is 6.20 Å². The number of carbonyl (C=O) groups is 1. The third-order valence-electron chi connectivity index (χ3n) is 1.55. The topological polar surface area (TPSA) is 78.0 Å². The van der Waals surface area contributed by atoms with Crippen molar-refractivity contribution in [3.63, 3.8) is 0 Å². The van der Waals surface area contributed by atoms with Crippen molar-refractivity contribution in [1.29, 1.82) is 0 Å². The first-order chi connectivity index (χ1) is 5.74. The minimum absolute atomic E-state index is 0.379. The van der Waals surface area contributed by atoms with Crippen LogP contribution in [0.1, 0.15) is 11.3 Å². The van der Waals surface area contributed by atoms with E-state index in [1.807, 2.05) is 6.92 Å². The molecule has 1 aromatic rings. The number of aliphatic hydroxyl groups is 1. The Bertz CT molecular complexity index is 269. The summed E-state index contributed by atoms with van der Waals surface area (Å²) in [7, 11) is 0. The van der Waals surface area contributed by atoms with E-state index < -0.39 is 6.61 Å². The lowest BCUT2D eigenvalue weighted by atomic mass is 10.2. The summed E-state index contributed by atoms with van der Waals surface area (Å²) in [6.07, 6.45) is 1.65. The molecule has 0 atom stereocenters. The number of nitrogens with one attached hydrogen (secondary N) is 2. The molecule has 0 aromatic carbocycles. The van der Waals surface area contributed by atoms with Gasteiger partial charge < -0.3 is 10.4 Å². The fourth-order valence-corrected chi connectivity index (χ4v) is 0.804. The van der Waals surface area contributed by atoms with Gasteiger partial charge in [0.05, 0.1) is 6.20 Å². The minimum Gasteiger partial charge on any atom is -0.387 e. The standard InChI is InChI=1S/C7H11N3O2/c1-5-6(3-9-10-5)2-8-7(12)4-11/h3,11H,2,4H2,1H3,(H,8,12)(H,9,10). The van der Waals surface area contributed by atoms with Gasteiger partial charge in [-0.05, 0) is 6.92 Å². The summed E-state index contributed by atoms with van der Waals surface area (Å²) in [4.78, 5) is 10.6. The van der Waals surface area contributed by atoms with E-state index in [2.05, 4.69) is 15.5 Å². The second kappa shape index (κ2) is 3.87. The van der Waals surface area contributed by atoms with Gasteiger partial charge >= 0.3 is 0 Å². The van der Waals surface area contributed by atoms with Crippen LogP contribution in [0.15, 0.2) is 6.20 Å². The highest BCUT2D eigenvalue weighted by Gasteiger charge is 2.01. The maximum absolute atomic E-state index is 10.6. The molecule has 0 bridgehead atoms. The Morgan fingerprint density at radius 1 is 1.83 bits per heavy atom. The van der Waals surface area contributed by atoms with Gasteiger partial charge in [0.15, 0.2) is 0 Å². The van der Waals surface area contributed by atoms with Crippen molar-refractivity contribution in [3.05, 3.63) is 17.5 Å². The summed E-state index contributed by atoms with van der Waals surface area (Å²) in [5, 5.41) is 17.5. The van der Waals surface area contributed by atoms with E-state index >= 15 is 0 Å². The molecule has 0 fully saturated rings. The van der Waals surface area contributed by atoms with Crippen LogP contribution >= 0.6 is 0 Å². The van der Waals surface area contributed by atoms with Crippen LogP contribution < -0.4 is 5.32 Å². The van der Waals surface area contributed by atoms with Crippen molar-refractivity contribution in [2.75, 3.05) is 6.61 Å². The number of rotatable bonds is 3. The highest BCUT2D eigenvalue weighted by molar-refractivity contribution is 5.76. The van der Waals surface area contributed by atoms with Crippen LogP contribution in [0, 0.1) is 6.92 Å². The molecule has 0 spiro atoms. The first-order valence-electron chi connectivity index (χ1n) is 3.60. The molecule has 12 heavy (non-hydrogen) atoms. The molecule has 0 radical (unpaired) electrons. The first-order valence-corrected chi connectivity index (χ1v) is 3.60. The van der Waals surface area contributed by atoms with E-state index in [-0.39, 0.29) is 5.91 Å². The molecule has 5 heteroatoms. The quantitative estimate of drug-likeness (QED) is 0.561. The van der Waals surface area contributed by atoms with Crippen molar-refractivity contribution in [2.24, 2.45) is 0 Å². The molecule has 66 valence electrons. The highest BCUT2D eigenvalue weighted by Crippen LogP contribution is 2.00. The Labute approximate surface area is 69.8 Å². The molecule has 1 aromatic heterocycles. The van der Waals surface area contributed by atoms with Gasteiger partial charge in [-0.2, -0.15) is 5.10 Å². The van der Waals surface area contributed by atoms with Gasteiger partial charge in [-0.3, -0.25) is 9.89 Å². The summed E-state index contributed by atoms with van der Waals surface area (Å²) in [5.41, 5.74) is 1.85. The molecule has 0 aliphatic heterocycles. The Morgan fingerprint density at radius 2 is 2.58 bits per heavy atom. The van der Waals surface area contributed by atoms with Crippen LogP contribution in [-0.4, -0.2) is 27.8 Å². The largest absolute Gasteiger partial charge is 0.387 e. The Hall–Kier alpha value is -1.36. The highest BCUT2D eigenvalue weighted by atomic mass is 16.3. The smallest absolute Gasteiger partial charge is 0.245 e. The summed E-state index contributed by atoms with van der Waals surface area (Å²) >= 11 is 0. The van der Waals surface area contributed by atoms with Crippen LogP contribution in [0.4, 0.5) is 0 Å². The molecule has 1 amide bonds. The molecule has 3 N–H and O–H groups in total. The summed E-state index contributed by atoms with van der Waals surface area (Å²) in [6, 6.07) is 0. The number of aromatic amines is 1. The zero-order valence-electron chi connectivity index (χ0n) is 6.79. The third-order valence-corrected chi connectivity index (χ3v) is 1.55. The molecule has 0 unspecified atom stereocenters. The second-order valence-electron chi connectivity index (χ2n) is 2.46. The van der Waals surface area contributed by atoms with Gasteiger partial charge in [0.1, 0.15) is 6.61 Å². The van der Waals surface area contributed by atoms with Gasteiger partial charge in [0, 0.05) is 17.8 Å². The number of nitrogens with zero attached hydrogens (tertiary/aromatic N) is 1. The van der Waals surface area contributed by atoms with Crippen LogP contribution in [-0.2, 0) is 11.3 Å². The summed E-state index contributed by atoms with van der Waals surface area (Å²) in [6.45, 7) is 1.80. The van der Waals surface area contributed by atoms with Crippen LogP contribution in [0.25, 0.3) is 0 Å². The SMILES string of the molecule is Cc1[nH]ncc1CNC(=O)CO. The van der Waals surface area contributed by atoms with Gasteiger partial charge in [0.25, 0.3) is 0 Å². The zero-order valence-corrected chi connectivity index (χ0v) is 6.79. The maximum atomic E-state index is 10.6. The third kappa shape index (κ3) is 2.06. The molecule has 5 nitrogen and oxygen atoms in total. The molecule has 1 rings (SSSR count). The van der Waals surface area contributed by atoms with Crippen molar-refractivity contribution >= 4 is 5.91 Å². The lowest BCUT2D eigenvalue weighted by Gasteiger charge is -2.00. The Morgan fingerprint density at radius 3 is 3.08 bits per heavy atom. The van der Waals surface area contributed by atoms with E-state index in [4.69, 9.17) is 5.11 Å². The number of amides is 1. The maximum Gasteiger partial charge on any atom is 0.245 e. The Balaban J connectivity index is 2.43. The van der Waals surface area contributed by atoms with Crippen LogP contribution in [0.2, 0.25) is 0 Å². The summed E-state index contributed by atoms with van der Waals surface area (Å²) in [5.74, 6) is -0.379. The number of hydrogen-bond donors (Lipinski definition) is 3. The Kier molecular flexibility index (Phi) is 2.82. The van der Waals surface area contributed by atoms with Gasteiger partial charge in [-0.1, -0.05) is 0 Å². The molecular formula is C7H11N3O2. The van der Waals surface area contributed by atoms with Crippen molar-refractivity contribution < 1.29 is 9.90 Å². The van der Waals surface area contributed by atoms with E-state index in [0.29, 0.717) is 6.54 Å². The van der Waals surface area contributed by atoms with E-state index in [1.165, 1.54) is 0 Å². The second-order valence-corrected chi connectivity index (χ2v) is 2.46. The molecule has 1 heterocycles. The van der Waals surface area contributed by atoms with Crippen molar-refractivity contribution in [1.82, 2.24) is 15.5 Å². The number of hydrogen-bond acceptors (Lipinski definition) is 3. The monoisotopic (exact) mass is 169 g/mol. The number of aryl methyl sites for hydroxylation is 1. The zero-order chi connectivity index (χ0) is 8.97. The molecule has 0 saturated heterocycles. The number of aliphatic hydroxyl groups excluding tert-OH is 1. The normalized spacial score (nSPS) is 9.83. The minimum atomic E-state index is -0.475. The lowest BCUT2D eigenvalue weighted by Crippen LogP contribution is -2.25. The average molecular weight is 169 g/mol. The fraction of sp³-hybridized carbons (Fsp3) is 0.429. The van der Waals surface area contributed by atoms with Crippen LogP contribution in [0.5, 0.6) is 0 Å². The predicted octanol–water partition coefficient (Wildman–Crippen LogP) is -0.673. The summed E-state index contributed by atoms with van der Waals surface area (Å²) < 4.78 is 0. The van der Waals surface area contributed by atoms with E-state index in [0.717, 1.165) is 11.3 Å². The van der Waals surface area contributed by atoms with Gasteiger partial charge in [-0.15, -0.1) is 0 Å². The molecule has 0 aliphatic carbocycles. The van der Waals surface area contributed by atoms with E-state index in [9.17, 15) is 4.79 Å². The van der Waals surface area contributed by atoms with Crippen molar-refractivity contribution in [2.45, 2.75) is 13.5 Å². The van der Waals surface area contributed by atoms with Crippen LogP contribution in [0.3, 0.4) is 0 Å². The van der Waals surface area contributed by atoms with Gasteiger partial charge in [-0.25, -0.2) is 0 Å². The van der Waals surface area contributed by atoms with Crippen molar-refractivity contribution in [3.8, 4) is 0 Å². The predicted molar refractivity (Wildman–Crippen MR) is 42.3 cm³/mol. The number of carbonyl (C=O) groups excluding carboxylic acids is 1. The lowest BCUT2D eigenvalue weighted by molar-refractivity contribution is -0.123. The average Bonchev–Trinajstić information content (AvgIpc) is 2.47. The molecule has 0 aliphatic rings.